The summed E-state index contributed by atoms with van der Waals surface area (Å²) in [5.74, 6) is -0.354. The highest BCUT2D eigenvalue weighted by Gasteiger charge is 2.32. The summed E-state index contributed by atoms with van der Waals surface area (Å²) in [4.78, 5) is 25.8. The molecule has 2 N–H and O–H groups in total. The van der Waals surface area contributed by atoms with Crippen molar-refractivity contribution in [2.24, 2.45) is 5.73 Å². The molecule has 0 radical (unpaired) electrons. The summed E-state index contributed by atoms with van der Waals surface area (Å²) in [6.07, 6.45) is 3.00. The largest absolute Gasteiger partial charge is 0.366 e. The average molecular weight is 391 g/mol. The van der Waals surface area contributed by atoms with E-state index in [0.29, 0.717) is 41.0 Å². The number of primary amides is 1. The molecule has 1 saturated carbocycles. The van der Waals surface area contributed by atoms with Crippen LogP contribution in [0.1, 0.15) is 40.7 Å². The van der Waals surface area contributed by atoms with Crippen LogP contribution in [0.5, 0.6) is 0 Å². The highest BCUT2D eigenvalue weighted by molar-refractivity contribution is 6.42. The molecule has 2 amide bonds. The van der Waals surface area contributed by atoms with Gasteiger partial charge in [-0.15, -0.1) is 0 Å². The van der Waals surface area contributed by atoms with Crippen LogP contribution in [-0.4, -0.2) is 22.8 Å². The summed E-state index contributed by atoms with van der Waals surface area (Å²) in [5.41, 5.74) is 7.60. The lowest BCUT2D eigenvalue weighted by molar-refractivity contribution is -0.132. The predicted octanol–water partition coefficient (Wildman–Crippen LogP) is 4.22. The summed E-state index contributed by atoms with van der Waals surface area (Å²) in [6.45, 7) is 0.534. The fourth-order valence-corrected chi connectivity index (χ4v) is 3.32. The van der Waals surface area contributed by atoms with E-state index in [0.717, 1.165) is 24.0 Å². The van der Waals surface area contributed by atoms with Crippen LogP contribution >= 0.6 is 23.2 Å². The molecule has 0 atom stereocenters. The first-order valence-corrected chi connectivity index (χ1v) is 9.32. The highest BCUT2D eigenvalue weighted by atomic mass is 35.5. The number of nitrogens with zero attached hydrogens (tertiary/aromatic N) is 1. The van der Waals surface area contributed by atoms with Crippen LogP contribution in [0.3, 0.4) is 0 Å². The number of rotatable bonds is 7. The highest BCUT2D eigenvalue weighted by Crippen LogP contribution is 2.30. The Morgan fingerprint density at radius 1 is 1.08 bits per heavy atom. The van der Waals surface area contributed by atoms with Crippen LogP contribution in [0.4, 0.5) is 0 Å². The van der Waals surface area contributed by atoms with E-state index in [4.69, 9.17) is 28.9 Å². The maximum absolute atomic E-state index is 12.7. The Hall–Kier alpha value is -2.04. The molecule has 6 heteroatoms. The lowest BCUT2D eigenvalue weighted by Crippen LogP contribution is -2.32. The fraction of sp³-hybridized carbons (Fsp3) is 0.300. The van der Waals surface area contributed by atoms with E-state index in [1.165, 1.54) is 0 Å². The minimum atomic E-state index is -0.454. The second-order valence-electron chi connectivity index (χ2n) is 6.53. The molecule has 0 saturated heterocycles. The quantitative estimate of drug-likeness (QED) is 0.768. The topological polar surface area (TPSA) is 63.4 Å². The maximum Gasteiger partial charge on any atom is 0.248 e. The van der Waals surface area contributed by atoms with E-state index >= 15 is 0 Å². The first-order valence-electron chi connectivity index (χ1n) is 8.57. The second-order valence-corrected chi connectivity index (χ2v) is 7.31. The van der Waals surface area contributed by atoms with Crippen LogP contribution in [-0.2, 0) is 17.8 Å². The number of nitrogens with two attached hydrogens (primary N) is 1. The summed E-state index contributed by atoms with van der Waals surface area (Å²) in [5, 5.41) is 1.02. The SMILES string of the molecule is NC(=O)c1ccc(CN(C(=O)CCc2cccc(Cl)c2Cl)C2CC2)cc1. The van der Waals surface area contributed by atoms with Crippen molar-refractivity contribution in [3.63, 3.8) is 0 Å². The van der Waals surface area contributed by atoms with E-state index in [1.807, 2.05) is 29.2 Å². The van der Waals surface area contributed by atoms with Gasteiger partial charge in [0.2, 0.25) is 11.8 Å². The molecule has 2 aromatic rings. The van der Waals surface area contributed by atoms with E-state index < -0.39 is 5.91 Å². The number of carbonyl (C=O) groups excluding carboxylic acids is 2. The predicted molar refractivity (Wildman–Crippen MR) is 103 cm³/mol. The van der Waals surface area contributed by atoms with Gasteiger partial charge >= 0.3 is 0 Å². The number of carbonyl (C=O) groups is 2. The molecule has 0 unspecified atom stereocenters. The molecule has 3 rings (SSSR count). The normalized spacial score (nSPS) is 13.5. The van der Waals surface area contributed by atoms with Crippen molar-refractivity contribution in [2.45, 2.75) is 38.3 Å². The summed E-state index contributed by atoms with van der Waals surface area (Å²) < 4.78 is 0. The van der Waals surface area contributed by atoms with Crippen molar-refractivity contribution in [3.8, 4) is 0 Å². The van der Waals surface area contributed by atoms with Gasteiger partial charge in [0.05, 0.1) is 10.0 Å². The molecule has 1 fully saturated rings. The number of amides is 2. The van der Waals surface area contributed by atoms with Gasteiger partial charge in [0.25, 0.3) is 0 Å². The number of benzene rings is 2. The minimum Gasteiger partial charge on any atom is -0.366 e. The Bertz CT molecular complexity index is 817. The molecule has 0 aliphatic heterocycles. The van der Waals surface area contributed by atoms with Crippen molar-refractivity contribution in [1.29, 1.82) is 0 Å². The zero-order valence-corrected chi connectivity index (χ0v) is 15.8. The molecule has 0 bridgehead atoms. The third-order valence-corrected chi connectivity index (χ3v) is 5.40. The minimum absolute atomic E-state index is 0.0996. The summed E-state index contributed by atoms with van der Waals surface area (Å²) >= 11 is 12.2. The number of aryl methyl sites for hydroxylation is 1. The summed E-state index contributed by atoms with van der Waals surface area (Å²) in [7, 11) is 0. The van der Waals surface area contributed by atoms with Gasteiger partial charge < -0.3 is 10.6 Å². The number of hydrogen-bond donors (Lipinski definition) is 1. The third-order valence-electron chi connectivity index (χ3n) is 4.54. The van der Waals surface area contributed by atoms with Gasteiger partial charge in [-0.3, -0.25) is 9.59 Å². The van der Waals surface area contributed by atoms with Crippen molar-refractivity contribution < 1.29 is 9.59 Å². The molecule has 0 heterocycles. The van der Waals surface area contributed by atoms with E-state index in [1.54, 1.807) is 18.2 Å². The van der Waals surface area contributed by atoms with Crippen molar-refractivity contribution in [3.05, 3.63) is 69.2 Å². The number of hydrogen-bond acceptors (Lipinski definition) is 2. The lowest BCUT2D eigenvalue weighted by Gasteiger charge is -2.23. The van der Waals surface area contributed by atoms with Crippen LogP contribution in [0.15, 0.2) is 42.5 Å². The van der Waals surface area contributed by atoms with E-state index in [-0.39, 0.29) is 5.91 Å². The van der Waals surface area contributed by atoms with Gasteiger partial charge in [-0.25, -0.2) is 0 Å². The van der Waals surface area contributed by atoms with Gasteiger partial charge in [-0.05, 0) is 48.6 Å². The van der Waals surface area contributed by atoms with Crippen LogP contribution in [0.25, 0.3) is 0 Å². The van der Waals surface area contributed by atoms with Crippen LogP contribution in [0, 0.1) is 0 Å². The fourth-order valence-electron chi connectivity index (χ4n) is 2.90. The second kappa shape index (κ2) is 8.11. The molecular weight excluding hydrogens is 371 g/mol. The molecule has 2 aromatic carbocycles. The van der Waals surface area contributed by atoms with Gasteiger partial charge in [-0.1, -0.05) is 47.5 Å². The molecule has 136 valence electrons. The molecular formula is C20H20Cl2N2O2. The lowest BCUT2D eigenvalue weighted by atomic mass is 10.1. The zero-order chi connectivity index (χ0) is 18.7. The monoisotopic (exact) mass is 390 g/mol. The molecule has 0 spiro atoms. The average Bonchev–Trinajstić information content (AvgIpc) is 3.46. The van der Waals surface area contributed by atoms with Crippen molar-refractivity contribution in [1.82, 2.24) is 4.90 Å². The Balaban J connectivity index is 1.65. The smallest absolute Gasteiger partial charge is 0.248 e. The standard InChI is InChI=1S/C20H20Cl2N2O2/c21-17-3-1-2-14(19(17)22)8-11-18(25)24(16-9-10-16)12-13-4-6-15(7-5-13)20(23)26/h1-7,16H,8-12H2,(H2,23,26). The molecule has 0 aromatic heterocycles. The number of halogens is 2. The Morgan fingerprint density at radius 3 is 2.38 bits per heavy atom. The van der Waals surface area contributed by atoms with E-state index in [9.17, 15) is 9.59 Å². The van der Waals surface area contributed by atoms with Gasteiger partial charge in [0.15, 0.2) is 0 Å². The van der Waals surface area contributed by atoms with Crippen LogP contribution < -0.4 is 5.73 Å². The van der Waals surface area contributed by atoms with Gasteiger partial charge in [0, 0.05) is 24.6 Å². The first kappa shape index (κ1) is 18.7. The Kier molecular flexibility index (Phi) is 5.84. The van der Waals surface area contributed by atoms with Crippen LogP contribution in [0.2, 0.25) is 10.0 Å². The van der Waals surface area contributed by atoms with E-state index in [2.05, 4.69) is 0 Å². The van der Waals surface area contributed by atoms with Crippen molar-refractivity contribution in [2.75, 3.05) is 0 Å². The molecule has 26 heavy (non-hydrogen) atoms. The Morgan fingerprint density at radius 2 is 1.77 bits per heavy atom. The van der Waals surface area contributed by atoms with Gasteiger partial charge in [-0.2, -0.15) is 0 Å². The summed E-state index contributed by atoms with van der Waals surface area (Å²) in [6, 6.07) is 12.8. The molecule has 1 aliphatic rings. The first-order chi connectivity index (χ1) is 12.5. The van der Waals surface area contributed by atoms with Gasteiger partial charge in [0.1, 0.15) is 0 Å². The maximum atomic E-state index is 12.7. The van der Waals surface area contributed by atoms with Crippen molar-refractivity contribution >= 4 is 35.0 Å². The zero-order valence-electron chi connectivity index (χ0n) is 14.3. The Labute approximate surface area is 162 Å². The third kappa shape index (κ3) is 4.57. The molecule has 4 nitrogen and oxygen atoms in total. The molecule has 1 aliphatic carbocycles.